The number of urea groups is 1. The standard InChI is InChI=1S/C29H44N6O6/c1-4-6-18-40-19-11-16-33-21-25-34(24(27(33)37)14-10-15-30-29(39)41-17-5-2)26(36)22-32(3)35(25)28(38)31-20-23-12-8-7-9-13-23/h5,7-9,12-13,24-25H,2,4,6,10-11,14-22H2,1,3H3,(H,30,39)(H,31,38)/t24-,25?/m0/s1. The number of carbonyl (C=O) groups is 4. The Balaban J connectivity index is 1.72. The van der Waals surface area contributed by atoms with Crippen LogP contribution in [0.15, 0.2) is 43.0 Å². The molecule has 2 aliphatic heterocycles. The topological polar surface area (TPSA) is 124 Å². The van der Waals surface area contributed by atoms with Crippen molar-refractivity contribution in [3.63, 3.8) is 0 Å². The molecule has 2 aliphatic rings. The fourth-order valence-electron chi connectivity index (χ4n) is 5.02. The predicted octanol–water partition coefficient (Wildman–Crippen LogP) is 2.32. The van der Waals surface area contributed by atoms with Gasteiger partial charge >= 0.3 is 12.1 Å². The molecule has 0 bridgehead atoms. The molecule has 1 aromatic carbocycles. The maximum absolute atomic E-state index is 13.7. The Kier molecular flexibility index (Phi) is 12.9. The summed E-state index contributed by atoms with van der Waals surface area (Å²) in [6.07, 6.45) is 3.70. The van der Waals surface area contributed by atoms with E-state index in [1.165, 1.54) is 6.08 Å². The van der Waals surface area contributed by atoms with Gasteiger partial charge in [-0.2, -0.15) is 0 Å². The van der Waals surface area contributed by atoms with Crippen molar-refractivity contribution >= 4 is 23.9 Å². The zero-order valence-corrected chi connectivity index (χ0v) is 24.3. The summed E-state index contributed by atoms with van der Waals surface area (Å²) in [6, 6.07) is 8.48. The Morgan fingerprint density at radius 1 is 1.10 bits per heavy atom. The number of hydrazine groups is 1. The van der Waals surface area contributed by atoms with Crippen LogP contribution in [0.3, 0.4) is 0 Å². The smallest absolute Gasteiger partial charge is 0.407 e. The molecule has 3 rings (SSSR count). The van der Waals surface area contributed by atoms with Crippen LogP contribution in [0.4, 0.5) is 9.59 Å². The Morgan fingerprint density at radius 2 is 1.85 bits per heavy atom. The van der Waals surface area contributed by atoms with Crippen molar-refractivity contribution in [2.24, 2.45) is 0 Å². The third kappa shape index (κ3) is 9.19. The molecular weight excluding hydrogens is 528 g/mol. The van der Waals surface area contributed by atoms with E-state index in [9.17, 15) is 19.2 Å². The molecule has 0 aromatic heterocycles. The van der Waals surface area contributed by atoms with Crippen molar-refractivity contribution < 1.29 is 28.7 Å². The second kappa shape index (κ2) is 16.6. The van der Waals surface area contributed by atoms with Crippen LogP contribution < -0.4 is 10.6 Å². The normalized spacial score (nSPS) is 19.1. The summed E-state index contributed by atoms with van der Waals surface area (Å²) in [5.74, 6) is -0.379. The number of nitrogens with one attached hydrogen (secondary N) is 2. The molecule has 0 spiro atoms. The molecule has 2 saturated heterocycles. The van der Waals surface area contributed by atoms with Crippen molar-refractivity contribution in [2.45, 2.75) is 57.8 Å². The average molecular weight is 573 g/mol. The molecule has 0 saturated carbocycles. The van der Waals surface area contributed by atoms with Crippen LogP contribution in [0.25, 0.3) is 0 Å². The second-order valence-electron chi connectivity index (χ2n) is 10.2. The van der Waals surface area contributed by atoms with Crippen molar-refractivity contribution in [3.05, 3.63) is 48.6 Å². The van der Waals surface area contributed by atoms with Gasteiger partial charge in [0.1, 0.15) is 18.8 Å². The lowest BCUT2D eigenvalue weighted by Gasteiger charge is -2.54. The first-order valence-corrected chi connectivity index (χ1v) is 14.4. The van der Waals surface area contributed by atoms with Gasteiger partial charge in [-0.25, -0.2) is 19.6 Å². The first-order valence-electron chi connectivity index (χ1n) is 14.4. The summed E-state index contributed by atoms with van der Waals surface area (Å²) in [5.41, 5.74) is 0.953. The molecule has 41 heavy (non-hydrogen) atoms. The number of benzene rings is 1. The highest BCUT2D eigenvalue weighted by Crippen LogP contribution is 2.28. The van der Waals surface area contributed by atoms with Crippen molar-refractivity contribution in [1.82, 2.24) is 30.5 Å². The summed E-state index contributed by atoms with van der Waals surface area (Å²) in [6.45, 7) is 8.16. The molecule has 226 valence electrons. The number of alkyl carbamates (subject to hydrolysis) is 1. The molecule has 2 N–H and O–H groups in total. The maximum atomic E-state index is 13.7. The minimum Gasteiger partial charge on any atom is -0.445 e. The maximum Gasteiger partial charge on any atom is 0.407 e. The molecule has 0 radical (unpaired) electrons. The monoisotopic (exact) mass is 572 g/mol. The first-order chi connectivity index (χ1) is 19.9. The van der Waals surface area contributed by atoms with E-state index >= 15 is 0 Å². The number of hydrogen-bond acceptors (Lipinski definition) is 7. The van der Waals surface area contributed by atoms with Gasteiger partial charge in [-0.3, -0.25) is 9.59 Å². The zero-order valence-electron chi connectivity index (χ0n) is 24.3. The molecule has 5 amide bonds. The van der Waals surface area contributed by atoms with Crippen LogP contribution in [0.2, 0.25) is 0 Å². The van der Waals surface area contributed by atoms with E-state index in [0.717, 1.165) is 18.4 Å². The van der Waals surface area contributed by atoms with Gasteiger partial charge in [-0.05, 0) is 31.2 Å². The zero-order chi connectivity index (χ0) is 29.6. The molecule has 12 heteroatoms. The van der Waals surface area contributed by atoms with E-state index in [0.29, 0.717) is 45.6 Å². The van der Waals surface area contributed by atoms with E-state index in [1.807, 2.05) is 30.3 Å². The highest BCUT2D eigenvalue weighted by molar-refractivity contribution is 5.91. The number of likely N-dealkylation sites (N-methyl/N-ethyl adjacent to an activating group) is 1. The largest absolute Gasteiger partial charge is 0.445 e. The minimum atomic E-state index is -0.758. The van der Waals surface area contributed by atoms with Crippen molar-refractivity contribution in [1.29, 1.82) is 0 Å². The third-order valence-corrected chi connectivity index (χ3v) is 7.05. The lowest BCUT2D eigenvalue weighted by molar-refractivity contribution is -0.187. The fraction of sp³-hybridized carbons (Fsp3) is 0.586. The van der Waals surface area contributed by atoms with Crippen molar-refractivity contribution in [3.8, 4) is 0 Å². The number of amides is 5. The van der Waals surface area contributed by atoms with Crippen LogP contribution in [-0.4, -0.2) is 109 Å². The second-order valence-corrected chi connectivity index (χ2v) is 10.2. The SMILES string of the molecule is C=CCOC(=O)NCCC[C@H]1C(=O)N(CCCOCCCC)CC2N1C(=O)CN(C)N2C(=O)NCc1ccccc1. The van der Waals surface area contributed by atoms with Gasteiger partial charge in [0.25, 0.3) is 0 Å². The Hall–Kier alpha value is -3.64. The summed E-state index contributed by atoms with van der Waals surface area (Å²) in [4.78, 5) is 55.5. The van der Waals surface area contributed by atoms with Crippen LogP contribution in [0, 0.1) is 0 Å². The van der Waals surface area contributed by atoms with Gasteiger partial charge < -0.3 is 29.9 Å². The van der Waals surface area contributed by atoms with Crippen LogP contribution >= 0.6 is 0 Å². The van der Waals surface area contributed by atoms with Gasteiger partial charge in [-0.15, -0.1) is 0 Å². The molecule has 1 unspecified atom stereocenters. The van der Waals surface area contributed by atoms with E-state index in [1.54, 1.807) is 26.9 Å². The lowest BCUT2D eigenvalue weighted by atomic mass is 10.0. The number of carbonyl (C=O) groups excluding carboxylic acids is 4. The van der Waals surface area contributed by atoms with E-state index in [2.05, 4.69) is 24.1 Å². The quantitative estimate of drug-likeness (QED) is 0.244. The van der Waals surface area contributed by atoms with Gasteiger partial charge in [-0.1, -0.05) is 56.3 Å². The highest BCUT2D eigenvalue weighted by atomic mass is 16.5. The molecule has 0 aliphatic carbocycles. The summed E-state index contributed by atoms with van der Waals surface area (Å²) < 4.78 is 10.6. The molecular formula is C29H44N6O6. The van der Waals surface area contributed by atoms with Crippen molar-refractivity contribution in [2.75, 3.05) is 53.0 Å². The van der Waals surface area contributed by atoms with E-state index in [-0.39, 0.29) is 44.1 Å². The van der Waals surface area contributed by atoms with Crippen LogP contribution in [0.5, 0.6) is 0 Å². The molecule has 1 aromatic rings. The number of fused-ring (bicyclic) bond motifs is 1. The molecule has 2 heterocycles. The van der Waals surface area contributed by atoms with E-state index < -0.39 is 18.3 Å². The number of unbranched alkanes of at least 4 members (excludes halogenated alkanes) is 1. The predicted molar refractivity (Wildman–Crippen MR) is 153 cm³/mol. The number of piperazine rings is 1. The summed E-state index contributed by atoms with van der Waals surface area (Å²) in [5, 5.41) is 8.76. The molecule has 2 fully saturated rings. The fourth-order valence-corrected chi connectivity index (χ4v) is 5.02. The van der Waals surface area contributed by atoms with Crippen LogP contribution in [0.1, 0.15) is 44.6 Å². The Bertz CT molecular complexity index is 1020. The Morgan fingerprint density at radius 3 is 2.59 bits per heavy atom. The number of rotatable bonds is 15. The third-order valence-electron chi connectivity index (χ3n) is 7.05. The summed E-state index contributed by atoms with van der Waals surface area (Å²) >= 11 is 0. The average Bonchev–Trinajstić information content (AvgIpc) is 2.96. The Labute approximate surface area is 242 Å². The number of nitrogens with zero attached hydrogens (tertiary/aromatic N) is 4. The van der Waals surface area contributed by atoms with Gasteiger partial charge in [0.2, 0.25) is 11.8 Å². The summed E-state index contributed by atoms with van der Waals surface area (Å²) in [7, 11) is 1.70. The lowest BCUT2D eigenvalue weighted by Crippen LogP contribution is -2.76. The van der Waals surface area contributed by atoms with Gasteiger partial charge in [0, 0.05) is 39.9 Å². The van der Waals surface area contributed by atoms with Gasteiger partial charge in [0.15, 0.2) is 0 Å². The number of hydrogen-bond donors (Lipinski definition) is 2. The highest BCUT2D eigenvalue weighted by Gasteiger charge is 2.50. The van der Waals surface area contributed by atoms with E-state index in [4.69, 9.17) is 9.47 Å². The van der Waals surface area contributed by atoms with Crippen LogP contribution in [-0.2, 0) is 25.6 Å². The number of ether oxygens (including phenoxy) is 2. The molecule has 2 atom stereocenters. The molecule has 12 nitrogen and oxygen atoms in total. The minimum absolute atomic E-state index is 0.0313. The van der Waals surface area contributed by atoms with Gasteiger partial charge in [0.05, 0.1) is 13.1 Å². The first kappa shape index (κ1) is 31.9.